The van der Waals surface area contributed by atoms with E-state index in [0.717, 1.165) is 0 Å². The van der Waals surface area contributed by atoms with Gasteiger partial charge in [0.1, 0.15) is 44.8 Å². The average Bonchev–Trinajstić information content (AvgIpc) is 3.98. The van der Waals surface area contributed by atoms with Crippen molar-refractivity contribution in [2.45, 2.75) is 100 Å². The second kappa shape index (κ2) is 13.1. The highest BCUT2D eigenvalue weighted by atomic mass is 16.6. The SMILES string of the molecule is CC1(CN(CC2(C)CO2)C(=O)c2cc(C(=O)N(CC3(C)CO3)CC3(C)CO3)c(C(=O)N(CC3(C)CO3)CC3(C)CO3)cc2C(=O)N(CC2(C)CO2)CC2(C)CO2)CO1. The molecule has 8 fully saturated rings. The van der Waals surface area contributed by atoms with E-state index >= 15 is 19.2 Å². The van der Waals surface area contributed by atoms with Gasteiger partial charge in [-0.15, -0.1) is 0 Å². The van der Waals surface area contributed by atoms with E-state index < -0.39 is 68.4 Å². The van der Waals surface area contributed by atoms with Crippen LogP contribution in [0.15, 0.2) is 12.1 Å². The number of nitrogens with zero attached hydrogens (tertiary/aromatic N) is 4. The molecule has 0 spiro atoms. The van der Waals surface area contributed by atoms with Crippen molar-refractivity contribution in [3.05, 3.63) is 34.4 Å². The Kier molecular flexibility index (Phi) is 9.11. The molecule has 0 aromatic heterocycles. The van der Waals surface area contributed by atoms with Crippen LogP contribution in [-0.2, 0) is 37.9 Å². The molecule has 1 aromatic rings. The molecule has 318 valence electrons. The fourth-order valence-corrected chi connectivity index (χ4v) is 7.73. The maximum Gasteiger partial charge on any atom is 0.254 e. The van der Waals surface area contributed by atoms with Gasteiger partial charge in [-0.05, 0) is 67.5 Å². The molecule has 0 N–H and O–H groups in total. The second-order valence-corrected chi connectivity index (χ2v) is 20.5. The van der Waals surface area contributed by atoms with E-state index in [1.807, 2.05) is 55.4 Å². The van der Waals surface area contributed by atoms with Crippen LogP contribution in [0.5, 0.6) is 0 Å². The quantitative estimate of drug-likeness (QED) is 0.175. The molecule has 58 heavy (non-hydrogen) atoms. The van der Waals surface area contributed by atoms with Crippen molar-refractivity contribution in [1.82, 2.24) is 19.6 Å². The van der Waals surface area contributed by atoms with Crippen molar-refractivity contribution < 1.29 is 57.1 Å². The van der Waals surface area contributed by atoms with Crippen LogP contribution in [0.25, 0.3) is 0 Å². The lowest BCUT2D eigenvalue weighted by molar-refractivity contribution is 0.0615. The average molecular weight is 811 g/mol. The first-order valence-corrected chi connectivity index (χ1v) is 20.5. The minimum Gasteiger partial charge on any atom is -0.368 e. The third kappa shape index (κ3) is 9.09. The molecule has 9 rings (SSSR count). The summed E-state index contributed by atoms with van der Waals surface area (Å²) >= 11 is 0. The van der Waals surface area contributed by atoms with Gasteiger partial charge in [0.2, 0.25) is 0 Å². The molecule has 8 aliphatic rings. The van der Waals surface area contributed by atoms with Crippen molar-refractivity contribution in [3.8, 4) is 0 Å². The number of carbonyl (C=O) groups is 4. The van der Waals surface area contributed by atoms with Crippen LogP contribution in [0, 0.1) is 0 Å². The Morgan fingerprint density at radius 1 is 0.345 bits per heavy atom. The zero-order valence-corrected chi connectivity index (χ0v) is 35.2. The molecular formula is C42H58N4O12. The van der Waals surface area contributed by atoms with Gasteiger partial charge in [0.05, 0.1) is 127 Å². The van der Waals surface area contributed by atoms with Crippen molar-refractivity contribution >= 4 is 23.6 Å². The summed E-state index contributed by atoms with van der Waals surface area (Å²) in [6.07, 6.45) is 0. The lowest BCUT2D eigenvalue weighted by Crippen LogP contribution is -2.47. The Morgan fingerprint density at radius 3 is 0.569 bits per heavy atom. The third-order valence-corrected chi connectivity index (χ3v) is 12.5. The topological polar surface area (TPSA) is 181 Å². The maximum absolute atomic E-state index is 15.2. The van der Waals surface area contributed by atoms with Gasteiger partial charge < -0.3 is 57.5 Å². The summed E-state index contributed by atoms with van der Waals surface area (Å²) in [7, 11) is 0. The monoisotopic (exact) mass is 810 g/mol. The Balaban J connectivity index is 1.19. The van der Waals surface area contributed by atoms with E-state index in [0.29, 0.717) is 52.9 Å². The largest absolute Gasteiger partial charge is 0.368 e. The van der Waals surface area contributed by atoms with E-state index in [4.69, 9.17) is 37.9 Å². The van der Waals surface area contributed by atoms with Crippen LogP contribution in [-0.4, -0.2) is 193 Å². The van der Waals surface area contributed by atoms with Gasteiger partial charge in [-0.2, -0.15) is 0 Å². The Hall–Kier alpha value is -3.22. The first kappa shape index (κ1) is 40.2. The standard InChI is InChI=1S/C42H58N4O12/c1-35(19-51-35)11-43(12-36(2)20-52-36)31(47)27-9-29(33(49)45(15-39(5)23-55-39)16-40(6)24-56-40)30(34(50)46(17-41(7)25-57-41)18-42(8)26-58-42)10-28(27)32(48)44(13-37(3)21-53-37)14-38(4)22-54-38/h9-10H,11-26H2,1-8H3. The van der Waals surface area contributed by atoms with Crippen molar-refractivity contribution in [2.75, 3.05) is 105 Å². The summed E-state index contributed by atoms with van der Waals surface area (Å²) in [5, 5.41) is 0. The molecule has 4 amide bonds. The van der Waals surface area contributed by atoms with Gasteiger partial charge >= 0.3 is 0 Å². The van der Waals surface area contributed by atoms with Gasteiger partial charge in [0.15, 0.2) is 0 Å². The van der Waals surface area contributed by atoms with Gasteiger partial charge in [0, 0.05) is 0 Å². The highest BCUT2D eigenvalue weighted by Crippen LogP contribution is 2.38. The molecule has 16 heteroatoms. The van der Waals surface area contributed by atoms with E-state index in [-0.39, 0.29) is 74.6 Å². The number of rotatable bonds is 20. The molecule has 0 saturated carbocycles. The highest BCUT2D eigenvalue weighted by Gasteiger charge is 2.52. The fourth-order valence-electron chi connectivity index (χ4n) is 7.73. The minimum absolute atomic E-state index is 0.0105. The summed E-state index contributed by atoms with van der Waals surface area (Å²) in [6.45, 7) is 21.2. The molecule has 1 aromatic carbocycles. The zero-order valence-electron chi connectivity index (χ0n) is 35.2. The molecular weight excluding hydrogens is 752 g/mol. The number of ether oxygens (including phenoxy) is 8. The third-order valence-electron chi connectivity index (χ3n) is 12.5. The first-order chi connectivity index (χ1) is 27.0. The van der Waals surface area contributed by atoms with Crippen LogP contribution < -0.4 is 0 Å². The number of amides is 4. The van der Waals surface area contributed by atoms with Crippen molar-refractivity contribution in [1.29, 1.82) is 0 Å². The maximum atomic E-state index is 15.2. The number of epoxide rings is 8. The van der Waals surface area contributed by atoms with Gasteiger partial charge in [-0.25, -0.2) is 0 Å². The second-order valence-electron chi connectivity index (χ2n) is 20.5. The first-order valence-electron chi connectivity index (χ1n) is 20.5. The Bertz CT molecular complexity index is 1560. The molecule has 8 aliphatic heterocycles. The predicted octanol–water partition coefficient (Wildman–Crippen LogP) is 1.77. The molecule has 8 saturated heterocycles. The molecule has 16 nitrogen and oxygen atoms in total. The van der Waals surface area contributed by atoms with E-state index in [2.05, 4.69) is 0 Å². The van der Waals surface area contributed by atoms with Crippen molar-refractivity contribution in [2.24, 2.45) is 0 Å². The smallest absolute Gasteiger partial charge is 0.254 e. The number of carbonyl (C=O) groups excluding carboxylic acids is 4. The summed E-state index contributed by atoms with van der Waals surface area (Å²) in [6, 6.07) is 2.93. The fraction of sp³-hybridized carbons (Fsp3) is 0.762. The minimum atomic E-state index is -0.569. The normalized spacial score (nSPS) is 39.3. The summed E-state index contributed by atoms with van der Waals surface area (Å²) < 4.78 is 46.1. The zero-order chi connectivity index (χ0) is 41.3. The molecule has 0 bridgehead atoms. The Labute approximate surface area is 339 Å². The van der Waals surface area contributed by atoms with Crippen LogP contribution in [0.1, 0.15) is 96.8 Å². The molecule has 8 heterocycles. The van der Waals surface area contributed by atoms with Gasteiger partial charge in [-0.3, -0.25) is 19.2 Å². The molecule has 0 aliphatic carbocycles. The van der Waals surface area contributed by atoms with Crippen molar-refractivity contribution in [3.63, 3.8) is 0 Å². The van der Waals surface area contributed by atoms with E-state index in [1.54, 1.807) is 19.6 Å². The van der Waals surface area contributed by atoms with E-state index in [9.17, 15) is 0 Å². The predicted molar refractivity (Wildman–Crippen MR) is 205 cm³/mol. The van der Waals surface area contributed by atoms with Crippen LogP contribution in [0.3, 0.4) is 0 Å². The number of benzene rings is 1. The van der Waals surface area contributed by atoms with Gasteiger partial charge in [-0.1, -0.05) is 0 Å². The van der Waals surface area contributed by atoms with Crippen LogP contribution >= 0.6 is 0 Å². The van der Waals surface area contributed by atoms with E-state index in [1.165, 1.54) is 12.1 Å². The van der Waals surface area contributed by atoms with Crippen LogP contribution in [0.4, 0.5) is 0 Å². The summed E-state index contributed by atoms with van der Waals surface area (Å²) in [5.74, 6) is -1.88. The lowest BCUT2D eigenvalue weighted by atomic mass is 9.92. The van der Waals surface area contributed by atoms with Gasteiger partial charge in [0.25, 0.3) is 23.6 Å². The number of hydrogen-bond acceptors (Lipinski definition) is 12. The summed E-state index contributed by atoms with van der Waals surface area (Å²) in [5.41, 5.74) is -4.51. The number of hydrogen-bond donors (Lipinski definition) is 0. The molecule has 8 atom stereocenters. The lowest BCUT2D eigenvalue weighted by Gasteiger charge is -2.32. The molecule has 0 radical (unpaired) electrons. The molecule has 8 unspecified atom stereocenters. The highest BCUT2D eigenvalue weighted by molar-refractivity contribution is 6.14. The Morgan fingerprint density at radius 2 is 0.466 bits per heavy atom. The summed E-state index contributed by atoms with van der Waals surface area (Å²) in [4.78, 5) is 67.5. The van der Waals surface area contributed by atoms with Crippen LogP contribution in [0.2, 0.25) is 0 Å².